The third kappa shape index (κ3) is 3.65. The summed E-state index contributed by atoms with van der Waals surface area (Å²) in [6.45, 7) is 8.10. The third-order valence-corrected chi connectivity index (χ3v) is 4.94. The fraction of sp³-hybridized carbons (Fsp3) is 0.381. The molecular formula is C21H24ClNO3. The molecule has 0 aliphatic heterocycles. The second kappa shape index (κ2) is 6.84. The smallest absolute Gasteiger partial charge is 0.405 e. The van der Waals surface area contributed by atoms with E-state index >= 15 is 0 Å². The van der Waals surface area contributed by atoms with Gasteiger partial charge in [-0.2, -0.15) is 0 Å². The number of primary amides is 1. The number of hydrogen-bond donors (Lipinski definition) is 1. The monoisotopic (exact) mass is 373 g/mol. The number of ether oxygens (including phenoxy) is 2. The van der Waals surface area contributed by atoms with Gasteiger partial charge in [-0.05, 0) is 54.7 Å². The van der Waals surface area contributed by atoms with Gasteiger partial charge >= 0.3 is 6.09 Å². The predicted octanol–water partition coefficient (Wildman–Crippen LogP) is 5.51. The van der Waals surface area contributed by atoms with Crippen molar-refractivity contribution in [3.8, 4) is 16.9 Å². The fourth-order valence-corrected chi connectivity index (χ4v) is 3.79. The Hall–Kier alpha value is -2.20. The highest BCUT2D eigenvalue weighted by molar-refractivity contribution is 6.32. The number of benzene rings is 2. The number of carbonyl (C=O) groups is 1. The number of fused-ring (bicyclic) bond motifs is 1. The van der Waals surface area contributed by atoms with Gasteiger partial charge in [-0.1, -0.05) is 49.7 Å². The first-order chi connectivity index (χ1) is 12.2. The van der Waals surface area contributed by atoms with Crippen molar-refractivity contribution in [2.24, 2.45) is 11.1 Å². The molecule has 2 N–H and O–H groups in total. The van der Waals surface area contributed by atoms with E-state index in [-0.39, 0.29) is 17.6 Å². The first kappa shape index (κ1) is 18.6. The van der Waals surface area contributed by atoms with Crippen LogP contribution in [-0.4, -0.2) is 12.2 Å². The van der Waals surface area contributed by atoms with Gasteiger partial charge in [0.2, 0.25) is 0 Å². The molecule has 1 atom stereocenters. The van der Waals surface area contributed by atoms with Crippen molar-refractivity contribution in [3.63, 3.8) is 0 Å². The molecule has 0 heterocycles. The molecule has 1 unspecified atom stereocenters. The maximum Gasteiger partial charge on any atom is 0.405 e. The summed E-state index contributed by atoms with van der Waals surface area (Å²) in [4.78, 5) is 11.3. The molecule has 1 aliphatic rings. The van der Waals surface area contributed by atoms with Crippen LogP contribution in [0.25, 0.3) is 11.1 Å². The average Bonchev–Trinajstić information content (AvgIpc) is 2.78. The molecule has 26 heavy (non-hydrogen) atoms. The average molecular weight is 374 g/mol. The fourth-order valence-electron chi connectivity index (χ4n) is 3.57. The molecule has 0 fully saturated rings. The highest BCUT2D eigenvalue weighted by atomic mass is 35.5. The quantitative estimate of drug-likeness (QED) is 0.768. The van der Waals surface area contributed by atoms with Crippen LogP contribution in [0.5, 0.6) is 5.75 Å². The Balaban J connectivity index is 1.93. The van der Waals surface area contributed by atoms with Crippen molar-refractivity contribution in [3.05, 3.63) is 52.5 Å². The Bertz CT molecular complexity index is 845. The lowest BCUT2D eigenvalue weighted by Gasteiger charge is -2.26. The summed E-state index contributed by atoms with van der Waals surface area (Å²) in [7, 11) is 0. The van der Waals surface area contributed by atoms with Crippen molar-refractivity contribution >= 4 is 17.7 Å². The van der Waals surface area contributed by atoms with Crippen molar-refractivity contribution in [2.45, 2.75) is 46.3 Å². The van der Waals surface area contributed by atoms with E-state index in [1.165, 1.54) is 0 Å². The number of hydrogen-bond acceptors (Lipinski definition) is 3. The number of nitrogens with two attached hydrogens (primary N) is 1. The second-order valence-electron chi connectivity index (χ2n) is 7.71. The lowest BCUT2D eigenvalue weighted by atomic mass is 9.87. The second-order valence-corrected chi connectivity index (χ2v) is 8.11. The largest absolute Gasteiger partial charge is 0.489 e. The Morgan fingerprint density at radius 3 is 2.46 bits per heavy atom. The Kier molecular flexibility index (Phi) is 4.89. The summed E-state index contributed by atoms with van der Waals surface area (Å²) >= 11 is 6.37. The highest BCUT2D eigenvalue weighted by Crippen LogP contribution is 2.48. The zero-order valence-electron chi connectivity index (χ0n) is 15.5. The van der Waals surface area contributed by atoms with Gasteiger partial charge in [0, 0.05) is 5.41 Å². The molecule has 0 spiro atoms. The summed E-state index contributed by atoms with van der Waals surface area (Å²) in [6, 6.07) is 12.0. The first-order valence-electron chi connectivity index (χ1n) is 8.73. The lowest BCUT2D eigenvalue weighted by molar-refractivity contribution is 0.0392. The third-order valence-electron chi connectivity index (χ3n) is 4.64. The summed E-state index contributed by atoms with van der Waals surface area (Å²) in [6.07, 6.45) is -0.180. The molecule has 4 nitrogen and oxygen atoms in total. The lowest BCUT2D eigenvalue weighted by Crippen LogP contribution is -2.25. The van der Waals surface area contributed by atoms with Crippen LogP contribution < -0.4 is 10.5 Å². The van der Waals surface area contributed by atoms with E-state index in [0.29, 0.717) is 10.8 Å². The van der Waals surface area contributed by atoms with Gasteiger partial charge in [0.25, 0.3) is 0 Å². The zero-order valence-corrected chi connectivity index (χ0v) is 16.3. The number of rotatable bonds is 4. The van der Waals surface area contributed by atoms with E-state index in [2.05, 4.69) is 19.9 Å². The van der Waals surface area contributed by atoms with Gasteiger partial charge in [0.15, 0.2) is 0 Å². The number of halogens is 1. The summed E-state index contributed by atoms with van der Waals surface area (Å²) in [5, 5.41) is 0.590. The zero-order chi connectivity index (χ0) is 19.1. The minimum absolute atomic E-state index is 0.0720. The van der Waals surface area contributed by atoms with E-state index < -0.39 is 6.09 Å². The van der Waals surface area contributed by atoms with Crippen LogP contribution in [0.4, 0.5) is 4.79 Å². The molecule has 1 aliphatic carbocycles. The minimum atomic E-state index is -0.743. The van der Waals surface area contributed by atoms with Gasteiger partial charge in [-0.15, -0.1) is 0 Å². The summed E-state index contributed by atoms with van der Waals surface area (Å²) < 4.78 is 11.1. The molecule has 138 valence electrons. The van der Waals surface area contributed by atoms with Gasteiger partial charge in [-0.3, -0.25) is 0 Å². The van der Waals surface area contributed by atoms with Gasteiger partial charge in [0.1, 0.15) is 11.9 Å². The van der Waals surface area contributed by atoms with Crippen LogP contribution in [0.3, 0.4) is 0 Å². The molecule has 0 radical (unpaired) electrons. The Labute approximate surface area is 159 Å². The van der Waals surface area contributed by atoms with Crippen LogP contribution in [0.15, 0.2) is 36.4 Å². The first-order valence-corrected chi connectivity index (χ1v) is 9.10. The molecule has 0 bridgehead atoms. The van der Waals surface area contributed by atoms with Crippen LogP contribution >= 0.6 is 11.6 Å². The van der Waals surface area contributed by atoms with Crippen molar-refractivity contribution in [1.82, 2.24) is 0 Å². The van der Waals surface area contributed by atoms with Crippen molar-refractivity contribution in [2.75, 3.05) is 0 Å². The Morgan fingerprint density at radius 1 is 1.19 bits per heavy atom. The standard InChI is InChI=1S/C21H24ClNO3/c1-12(2)25-18-8-6-14(10-17(18)22)13-5-7-16-15(9-13)11-21(3,4)19(16)26-20(23)24/h5-10,12,19H,11H2,1-4H3,(H2,23,24). The van der Waals surface area contributed by atoms with E-state index in [1.54, 1.807) is 0 Å². The van der Waals surface area contributed by atoms with Crippen molar-refractivity contribution < 1.29 is 14.3 Å². The number of carbonyl (C=O) groups excluding carboxylic acids is 1. The molecule has 1 amide bonds. The van der Waals surface area contributed by atoms with Crippen LogP contribution in [0.1, 0.15) is 44.9 Å². The van der Waals surface area contributed by atoms with E-state index in [0.717, 1.165) is 28.7 Å². The topological polar surface area (TPSA) is 61.6 Å². The highest BCUT2D eigenvalue weighted by Gasteiger charge is 2.41. The minimum Gasteiger partial charge on any atom is -0.489 e. The van der Waals surface area contributed by atoms with E-state index in [4.69, 9.17) is 26.8 Å². The molecule has 2 aromatic carbocycles. The van der Waals surface area contributed by atoms with Gasteiger partial charge < -0.3 is 15.2 Å². The molecule has 0 saturated carbocycles. The van der Waals surface area contributed by atoms with Crippen molar-refractivity contribution in [1.29, 1.82) is 0 Å². The molecule has 2 aromatic rings. The SMILES string of the molecule is CC(C)Oc1ccc(-c2ccc3c(c2)CC(C)(C)C3OC(N)=O)cc1Cl. The maximum absolute atomic E-state index is 11.3. The maximum atomic E-state index is 11.3. The molecular weight excluding hydrogens is 350 g/mol. The molecule has 0 saturated heterocycles. The van der Waals surface area contributed by atoms with Crippen LogP contribution in [0, 0.1) is 5.41 Å². The molecule has 0 aromatic heterocycles. The van der Waals surface area contributed by atoms with E-state index in [1.807, 2.05) is 44.2 Å². The van der Waals surface area contributed by atoms with E-state index in [9.17, 15) is 4.79 Å². The van der Waals surface area contributed by atoms with Gasteiger partial charge in [-0.25, -0.2) is 4.79 Å². The molecule has 3 rings (SSSR count). The van der Waals surface area contributed by atoms with Gasteiger partial charge in [0.05, 0.1) is 11.1 Å². The normalized spacial score (nSPS) is 17.8. The van der Waals surface area contributed by atoms with Crippen LogP contribution in [0.2, 0.25) is 5.02 Å². The molecule has 5 heteroatoms. The van der Waals surface area contributed by atoms with Crippen LogP contribution in [-0.2, 0) is 11.2 Å². The predicted molar refractivity (Wildman–Crippen MR) is 104 cm³/mol. The number of amides is 1. The summed E-state index contributed by atoms with van der Waals surface area (Å²) in [5.41, 5.74) is 9.32. The summed E-state index contributed by atoms with van der Waals surface area (Å²) in [5.74, 6) is 0.683. The Morgan fingerprint density at radius 2 is 1.85 bits per heavy atom.